The van der Waals surface area contributed by atoms with Crippen molar-refractivity contribution in [3.05, 3.63) is 35.4 Å². The molecule has 0 N–H and O–H groups in total. The van der Waals surface area contributed by atoms with Gasteiger partial charge in [0, 0.05) is 19.3 Å². The normalized spacial score (nSPS) is 17.2. The molecule has 2 heteroatoms. The number of carbonyl (C=O) groups is 1. The van der Waals surface area contributed by atoms with Crippen molar-refractivity contribution < 1.29 is 9.53 Å². The summed E-state index contributed by atoms with van der Waals surface area (Å²) in [6, 6.07) is 8.29. The maximum Gasteiger partial charge on any atom is 0.306 e. The van der Waals surface area contributed by atoms with Gasteiger partial charge in [0.05, 0.1) is 0 Å². The first-order valence-electron chi connectivity index (χ1n) is 5.41. The predicted octanol–water partition coefficient (Wildman–Crippen LogP) is 2.50. The van der Waals surface area contributed by atoms with E-state index >= 15 is 0 Å². The van der Waals surface area contributed by atoms with Crippen molar-refractivity contribution in [2.45, 2.75) is 38.7 Å². The molecule has 0 spiro atoms. The zero-order valence-electron chi connectivity index (χ0n) is 9.25. The maximum absolute atomic E-state index is 11.3. The van der Waals surface area contributed by atoms with Crippen LogP contribution in [-0.2, 0) is 22.4 Å². The van der Waals surface area contributed by atoms with Crippen LogP contribution < -0.4 is 0 Å². The van der Waals surface area contributed by atoms with Gasteiger partial charge in [-0.2, -0.15) is 0 Å². The average molecular weight is 204 g/mol. The molecule has 0 amide bonds. The molecule has 2 nitrogen and oxygen atoms in total. The van der Waals surface area contributed by atoms with E-state index in [0.29, 0.717) is 6.42 Å². The van der Waals surface area contributed by atoms with E-state index in [2.05, 4.69) is 12.1 Å². The molecule has 1 aromatic rings. The van der Waals surface area contributed by atoms with Crippen LogP contribution in [0.15, 0.2) is 24.3 Å². The summed E-state index contributed by atoms with van der Waals surface area (Å²) < 4.78 is 5.49. The van der Waals surface area contributed by atoms with Crippen molar-refractivity contribution in [1.82, 2.24) is 0 Å². The summed E-state index contributed by atoms with van der Waals surface area (Å²) in [5.74, 6) is -0.106. The molecule has 0 saturated carbocycles. The minimum Gasteiger partial charge on any atom is -0.459 e. The van der Waals surface area contributed by atoms with Gasteiger partial charge in [0.2, 0.25) is 0 Å². The number of rotatable bonds is 2. The highest BCUT2D eigenvalue weighted by Gasteiger charge is 2.35. The lowest BCUT2D eigenvalue weighted by atomic mass is 10.0. The highest BCUT2D eigenvalue weighted by Crippen LogP contribution is 2.32. The van der Waals surface area contributed by atoms with Gasteiger partial charge < -0.3 is 4.74 Å². The first kappa shape index (κ1) is 10.2. The fourth-order valence-corrected chi connectivity index (χ4v) is 2.19. The molecule has 2 rings (SSSR count). The molecule has 0 radical (unpaired) electrons. The minimum absolute atomic E-state index is 0.106. The largest absolute Gasteiger partial charge is 0.459 e. The fourth-order valence-electron chi connectivity index (χ4n) is 2.19. The zero-order valence-corrected chi connectivity index (χ0v) is 9.25. The van der Waals surface area contributed by atoms with Crippen molar-refractivity contribution in [3.63, 3.8) is 0 Å². The van der Waals surface area contributed by atoms with Gasteiger partial charge in [0.1, 0.15) is 5.60 Å². The molecule has 1 aromatic carbocycles. The van der Waals surface area contributed by atoms with Crippen molar-refractivity contribution in [2.75, 3.05) is 0 Å². The number of fused-ring (bicyclic) bond motifs is 1. The van der Waals surface area contributed by atoms with Gasteiger partial charge in [-0.3, -0.25) is 4.79 Å². The standard InChI is InChI=1S/C13H16O2/c1-3-12(14)15-13(2)8-10-6-4-5-7-11(10)9-13/h4-7H,3,8-9H2,1-2H3. The molecule has 0 bridgehead atoms. The highest BCUT2D eigenvalue weighted by atomic mass is 16.6. The Morgan fingerprint density at radius 2 is 1.87 bits per heavy atom. The lowest BCUT2D eigenvalue weighted by molar-refractivity contribution is -0.156. The topological polar surface area (TPSA) is 26.3 Å². The summed E-state index contributed by atoms with van der Waals surface area (Å²) >= 11 is 0. The second-order valence-electron chi connectivity index (χ2n) is 4.40. The molecule has 0 atom stereocenters. The predicted molar refractivity (Wildman–Crippen MR) is 58.6 cm³/mol. The quantitative estimate of drug-likeness (QED) is 0.692. The Kier molecular flexibility index (Phi) is 2.51. The highest BCUT2D eigenvalue weighted by molar-refractivity contribution is 5.69. The van der Waals surface area contributed by atoms with Gasteiger partial charge in [0.15, 0.2) is 0 Å². The summed E-state index contributed by atoms with van der Waals surface area (Å²) in [5, 5.41) is 0. The van der Waals surface area contributed by atoms with E-state index in [0.717, 1.165) is 12.8 Å². The van der Waals surface area contributed by atoms with E-state index in [-0.39, 0.29) is 11.6 Å². The molecule has 1 aliphatic carbocycles. The third kappa shape index (κ3) is 2.04. The molecule has 0 heterocycles. The first-order chi connectivity index (χ1) is 7.13. The van der Waals surface area contributed by atoms with E-state index < -0.39 is 0 Å². The van der Waals surface area contributed by atoms with E-state index in [9.17, 15) is 4.79 Å². The number of carbonyl (C=O) groups excluding carboxylic acids is 1. The lowest BCUT2D eigenvalue weighted by Gasteiger charge is -2.23. The van der Waals surface area contributed by atoms with Crippen LogP contribution in [0.3, 0.4) is 0 Å². The van der Waals surface area contributed by atoms with Crippen LogP contribution >= 0.6 is 0 Å². The molecule has 1 aliphatic rings. The van der Waals surface area contributed by atoms with E-state index in [1.807, 2.05) is 26.0 Å². The van der Waals surface area contributed by atoms with Gasteiger partial charge >= 0.3 is 5.97 Å². The lowest BCUT2D eigenvalue weighted by Crippen LogP contribution is -2.32. The van der Waals surface area contributed by atoms with Crippen LogP contribution in [0.25, 0.3) is 0 Å². The van der Waals surface area contributed by atoms with Crippen LogP contribution in [0.4, 0.5) is 0 Å². The number of esters is 1. The smallest absolute Gasteiger partial charge is 0.306 e. The first-order valence-corrected chi connectivity index (χ1v) is 5.41. The van der Waals surface area contributed by atoms with Crippen molar-refractivity contribution in [1.29, 1.82) is 0 Å². The van der Waals surface area contributed by atoms with Gasteiger partial charge in [0.25, 0.3) is 0 Å². The fraction of sp³-hybridized carbons (Fsp3) is 0.462. The molecule has 0 aliphatic heterocycles. The van der Waals surface area contributed by atoms with Crippen LogP contribution in [-0.4, -0.2) is 11.6 Å². The Labute approximate surface area is 90.3 Å². The third-order valence-electron chi connectivity index (χ3n) is 2.90. The molecule has 15 heavy (non-hydrogen) atoms. The van der Waals surface area contributed by atoms with E-state index in [1.54, 1.807) is 0 Å². The van der Waals surface area contributed by atoms with Crippen molar-refractivity contribution in [2.24, 2.45) is 0 Å². The summed E-state index contributed by atoms with van der Waals surface area (Å²) in [6.07, 6.45) is 2.13. The Morgan fingerprint density at radius 1 is 1.33 bits per heavy atom. The minimum atomic E-state index is -0.323. The van der Waals surface area contributed by atoms with Crippen LogP contribution in [0.1, 0.15) is 31.4 Å². The summed E-state index contributed by atoms with van der Waals surface area (Å²) in [6.45, 7) is 3.84. The monoisotopic (exact) mass is 204 g/mol. The number of hydrogen-bond acceptors (Lipinski definition) is 2. The molecule has 0 unspecified atom stereocenters. The molecular weight excluding hydrogens is 188 g/mol. The Morgan fingerprint density at radius 3 is 2.33 bits per heavy atom. The van der Waals surface area contributed by atoms with Crippen LogP contribution in [0, 0.1) is 0 Å². The maximum atomic E-state index is 11.3. The second kappa shape index (κ2) is 3.69. The second-order valence-corrected chi connectivity index (χ2v) is 4.40. The van der Waals surface area contributed by atoms with Crippen LogP contribution in [0.5, 0.6) is 0 Å². The molecular formula is C13H16O2. The van der Waals surface area contributed by atoms with Crippen molar-refractivity contribution >= 4 is 5.97 Å². The van der Waals surface area contributed by atoms with Gasteiger partial charge in [-0.05, 0) is 18.1 Å². The Balaban J connectivity index is 2.14. The number of benzene rings is 1. The number of ether oxygens (including phenoxy) is 1. The van der Waals surface area contributed by atoms with Gasteiger partial charge in [-0.1, -0.05) is 31.2 Å². The summed E-state index contributed by atoms with van der Waals surface area (Å²) in [7, 11) is 0. The van der Waals surface area contributed by atoms with Gasteiger partial charge in [-0.25, -0.2) is 0 Å². The Bertz CT molecular complexity index is 357. The summed E-state index contributed by atoms with van der Waals surface area (Å²) in [4.78, 5) is 11.3. The van der Waals surface area contributed by atoms with E-state index in [4.69, 9.17) is 4.74 Å². The molecule has 0 saturated heterocycles. The Hall–Kier alpha value is -1.31. The SMILES string of the molecule is CCC(=O)OC1(C)Cc2ccccc2C1. The molecule has 0 fully saturated rings. The van der Waals surface area contributed by atoms with Crippen molar-refractivity contribution in [3.8, 4) is 0 Å². The summed E-state index contributed by atoms with van der Waals surface area (Å²) in [5.41, 5.74) is 2.30. The third-order valence-corrected chi connectivity index (χ3v) is 2.90. The molecule has 80 valence electrons. The zero-order chi connectivity index (χ0) is 10.9. The number of hydrogen-bond donors (Lipinski definition) is 0. The molecule has 0 aromatic heterocycles. The van der Waals surface area contributed by atoms with Gasteiger partial charge in [-0.15, -0.1) is 0 Å². The average Bonchev–Trinajstić information content (AvgIpc) is 2.53. The van der Waals surface area contributed by atoms with E-state index in [1.165, 1.54) is 11.1 Å². The van der Waals surface area contributed by atoms with Crippen LogP contribution in [0.2, 0.25) is 0 Å².